The number of aromatic nitrogens is 4. The second kappa shape index (κ2) is 3.79. The summed E-state index contributed by atoms with van der Waals surface area (Å²) < 4.78 is 6.67. The smallest absolute Gasteiger partial charge is 0.246 e. The molecule has 0 aliphatic heterocycles. The fraction of sp³-hybridized carbons (Fsp3) is 0.375. The Bertz CT molecular complexity index is 449. The summed E-state index contributed by atoms with van der Waals surface area (Å²) in [5.41, 5.74) is 6.26. The van der Waals surface area contributed by atoms with Crippen LogP contribution in [-0.4, -0.2) is 31.4 Å². The van der Waals surface area contributed by atoms with Crippen LogP contribution >= 0.6 is 0 Å². The molecule has 0 amide bonds. The van der Waals surface area contributed by atoms with Crippen LogP contribution < -0.4 is 5.73 Å². The monoisotopic (exact) mass is 209 g/mol. The summed E-state index contributed by atoms with van der Waals surface area (Å²) in [7, 11) is 1.82. The normalized spacial score (nSPS) is 13.0. The van der Waals surface area contributed by atoms with Crippen molar-refractivity contribution in [2.24, 2.45) is 12.8 Å². The molecule has 0 spiro atoms. The summed E-state index contributed by atoms with van der Waals surface area (Å²) in [5.74, 6) is 0.627. The molecule has 0 aliphatic rings. The van der Waals surface area contributed by atoms with Crippen molar-refractivity contribution >= 4 is 0 Å². The average Bonchev–Trinajstić information content (AvgIpc) is 2.84. The SMILES string of the molecule is Cn1cncc1-c1noc(C(N)CO)n1. The Hall–Kier alpha value is -1.73. The van der Waals surface area contributed by atoms with Crippen LogP contribution in [0.25, 0.3) is 11.5 Å². The summed E-state index contributed by atoms with van der Waals surface area (Å²) in [4.78, 5) is 7.99. The van der Waals surface area contributed by atoms with Gasteiger partial charge in [-0.25, -0.2) is 4.98 Å². The van der Waals surface area contributed by atoms with Gasteiger partial charge in [-0.1, -0.05) is 5.16 Å². The molecule has 0 saturated heterocycles. The molecule has 7 heteroatoms. The van der Waals surface area contributed by atoms with Crippen LogP contribution in [-0.2, 0) is 7.05 Å². The third-order valence-electron chi connectivity index (χ3n) is 2.00. The Morgan fingerprint density at radius 2 is 2.47 bits per heavy atom. The first-order chi connectivity index (χ1) is 7.22. The second-order valence-corrected chi connectivity index (χ2v) is 3.14. The van der Waals surface area contributed by atoms with Gasteiger partial charge in [-0.05, 0) is 0 Å². The van der Waals surface area contributed by atoms with E-state index in [4.69, 9.17) is 15.4 Å². The largest absolute Gasteiger partial charge is 0.394 e. The summed E-state index contributed by atoms with van der Waals surface area (Å²) in [6, 6.07) is -0.639. The molecule has 7 nitrogen and oxygen atoms in total. The zero-order chi connectivity index (χ0) is 10.8. The van der Waals surface area contributed by atoms with Gasteiger partial charge >= 0.3 is 0 Å². The number of hydrogen-bond acceptors (Lipinski definition) is 6. The van der Waals surface area contributed by atoms with Crippen LogP contribution in [0.3, 0.4) is 0 Å². The van der Waals surface area contributed by atoms with Crippen molar-refractivity contribution in [3.05, 3.63) is 18.4 Å². The van der Waals surface area contributed by atoms with E-state index in [0.29, 0.717) is 5.82 Å². The molecule has 0 aliphatic carbocycles. The lowest BCUT2D eigenvalue weighted by Gasteiger charge is -1.98. The minimum absolute atomic E-state index is 0.216. The van der Waals surface area contributed by atoms with E-state index in [1.165, 1.54) is 0 Å². The van der Waals surface area contributed by atoms with Gasteiger partial charge in [0.2, 0.25) is 11.7 Å². The molecule has 0 bridgehead atoms. The first-order valence-electron chi connectivity index (χ1n) is 4.39. The fourth-order valence-corrected chi connectivity index (χ4v) is 1.14. The highest BCUT2D eigenvalue weighted by Crippen LogP contribution is 2.16. The topological polar surface area (TPSA) is 103 Å². The third kappa shape index (κ3) is 1.74. The molecule has 0 radical (unpaired) electrons. The molecule has 1 atom stereocenters. The minimum Gasteiger partial charge on any atom is -0.394 e. The summed E-state index contributed by atoms with van der Waals surface area (Å²) in [5, 5.41) is 12.6. The highest BCUT2D eigenvalue weighted by molar-refractivity contribution is 5.47. The van der Waals surface area contributed by atoms with E-state index in [0.717, 1.165) is 5.69 Å². The summed E-state index contributed by atoms with van der Waals surface area (Å²) in [6.07, 6.45) is 3.26. The molecule has 0 saturated carbocycles. The van der Waals surface area contributed by atoms with Gasteiger partial charge in [0, 0.05) is 7.05 Å². The Morgan fingerprint density at radius 3 is 3.07 bits per heavy atom. The molecule has 2 aromatic heterocycles. The van der Waals surface area contributed by atoms with Crippen molar-refractivity contribution in [1.82, 2.24) is 19.7 Å². The van der Waals surface area contributed by atoms with Crippen LogP contribution in [0.15, 0.2) is 17.0 Å². The molecule has 2 rings (SSSR count). The molecule has 1 unspecified atom stereocenters. The van der Waals surface area contributed by atoms with E-state index in [1.54, 1.807) is 17.1 Å². The van der Waals surface area contributed by atoms with Crippen molar-refractivity contribution in [3.8, 4) is 11.5 Å². The Morgan fingerprint density at radius 1 is 1.67 bits per heavy atom. The highest BCUT2D eigenvalue weighted by atomic mass is 16.5. The minimum atomic E-state index is -0.639. The van der Waals surface area contributed by atoms with Crippen molar-refractivity contribution < 1.29 is 9.63 Å². The van der Waals surface area contributed by atoms with Crippen LogP contribution in [0.2, 0.25) is 0 Å². The lowest BCUT2D eigenvalue weighted by atomic mass is 10.3. The van der Waals surface area contributed by atoms with Gasteiger partial charge in [0.05, 0.1) is 19.1 Å². The van der Waals surface area contributed by atoms with Crippen molar-refractivity contribution in [2.45, 2.75) is 6.04 Å². The Labute approximate surface area is 85.5 Å². The van der Waals surface area contributed by atoms with Gasteiger partial charge in [0.15, 0.2) is 0 Å². The number of aliphatic hydroxyl groups is 1. The molecule has 0 fully saturated rings. The summed E-state index contributed by atoms with van der Waals surface area (Å²) in [6.45, 7) is -0.229. The van der Waals surface area contributed by atoms with Gasteiger partial charge in [0.1, 0.15) is 11.7 Å². The standard InChI is InChI=1S/C8H11N5O2/c1-13-4-10-2-6(13)7-11-8(15-12-7)5(9)3-14/h2,4-5,14H,3,9H2,1H3. The Balaban J connectivity index is 2.32. The van der Waals surface area contributed by atoms with Gasteiger partial charge in [-0.15, -0.1) is 0 Å². The maximum atomic E-state index is 8.81. The molecule has 80 valence electrons. The molecular formula is C8H11N5O2. The van der Waals surface area contributed by atoms with E-state index in [9.17, 15) is 0 Å². The molecule has 2 heterocycles. The van der Waals surface area contributed by atoms with Crippen molar-refractivity contribution in [3.63, 3.8) is 0 Å². The van der Waals surface area contributed by atoms with Crippen LogP contribution in [0.4, 0.5) is 0 Å². The predicted octanol–water partition coefficient (Wildman–Crippen LogP) is -0.538. The zero-order valence-electron chi connectivity index (χ0n) is 8.16. The highest BCUT2D eigenvalue weighted by Gasteiger charge is 2.16. The second-order valence-electron chi connectivity index (χ2n) is 3.14. The van der Waals surface area contributed by atoms with Gasteiger partial charge < -0.3 is 19.9 Å². The third-order valence-corrected chi connectivity index (χ3v) is 2.00. The lowest BCUT2D eigenvalue weighted by Crippen LogP contribution is -2.14. The maximum absolute atomic E-state index is 8.81. The number of aryl methyl sites for hydroxylation is 1. The lowest BCUT2D eigenvalue weighted by molar-refractivity contribution is 0.237. The van der Waals surface area contributed by atoms with Gasteiger partial charge in [-0.3, -0.25) is 0 Å². The molecule has 15 heavy (non-hydrogen) atoms. The Kier molecular flexibility index (Phi) is 2.48. The van der Waals surface area contributed by atoms with E-state index in [2.05, 4.69) is 15.1 Å². The predicted molar refractivity (Wildman–Crippen MR) is 50.5 cm³/mol. The number of nitrogens with zero attached hydrogens (tertiary/aromatic N) is 4. The van der Waals surface area contributed by atoms with E-state index in [-0.39, 0.29) is 12.5 Å². The quantitative estimate of drug-likeness (QED) is 0.703. The van der Waals surface area contributed by atoms with Crippen LogP contribution in [0.5, 0.6) is 0 Å². The van der Waals surface area contributed by atoms with E-state index in [1.807, 2.05) is 7.05 Å². The number of nitrogens with two attached hydrogens (primary N) is 1. The number of aliphatic hydroxyl groups excluding tert-OH is 1. The van der Waals surface area contributed by atoms with Crippen molar-refractivity contribution in [1.29, 1.82) is 0 Å². The molecular weight excluding hydrogens is 198 g/mol. The van der Waals surface area contributed by atoms with E-state index < -0.39 is 6.04 Å². The van der Waals surface area contributed by atoms with E-state index >= 15 is 0 Å². The van der Waals surface area contributed by atoms with Gasteiger partial charge in [0.25, 0.3) is 0 Å². The fourth-order valence-electron chi connectivity index (χ4n) is 1.14. The molecule has 3 N–H and O–H groups in total. The first-order valence-corrected chi connectivity index (χ1v) is 4.39. The number of imidazole rings is 1. The van der Waals surface area contributed by atoms with Crippen LogP contribution in [0.1, 0.15) is 11.9 Å². The average molecular weight is 209 g/mol. The molecule has 0 aromatic carbocycles. The number of rotatable bonds is 3. The zero-order valence-corrected chi connectivity index (χ0v) is 8.16. The number of hydrogen-bond donors (Lipinski definition) is 2. The van der Waals surface area contributed by atoms with Crippen molar-refractivity contribution in [2.75, 3.05) is 6.61 Å². The summed E-state index contributed by atoms with van der Waals surface area (Å²) >= 11 is 0. The molecule has 2 aromatic rings. The van der Waals surface area contributed by atoms with Crippen LogP contribution in [0, 0.1) is 0 Å². The maximum Gasteiger partial charge on any atom is 0.246 e. The first kappa shape index (κ1) is 9.81. The van der Waals surface area contributed by atoms with Gasteiger partial charge in [-0.2, -0.15) is 4.98 Å².